The fraction of sp³-hybridized carbons (Fsp3) is 0.650. The van der Waals surface area contributed by atoms with Gasteiger partial charge in [0, 0.05) is 9.99 Å². The lowest BCUT2D eigenvalue weighted by Gasteiger charge is -2.26. The van der Waals surface area contributed by atoms with E-state index < -0.39 is 12.2 Å². The number of esters is 1. The molecule has 1 aliphatic carbocycles. The van der Waals surface area contributed by atoms with Gasteiger partial charge < -0.3 is 9.84 Å². The molecule has 1 fully saturated rings. The molecule has 134 valence electrons. The van der Waals surface area contributed by atoms with E-state index in [4.69, 9.17) is 4.74 Å². The minimum atomic E-state index is -0.750. The summed E-state index contributed by atoms with van der Waals surface area (Å²) in [4.78, 5) is 12.4. The smallest absolute Gasteiger partial charge is 0.306 e. The van der Waals surface area contributed by atoms with Gasteiger partial charge in [-0.25, -0.2) is 0 Å². The second-order valence-corrected chi connectivity index (χ2v) is 8.01. The number of unbranched alkanes of at least 4 members (excludes halogenated alkanes) is 1. The van der Waals surface area contributed by atoms with Gasteiger partial charge in [0.05, 0.1) is 0 Å². The predicted molar refractivity (Wildman–Crippen MR) is 105 cm³/mol. The van der Waals surface area contributed by atoms with Crippen molar-refractivity contribution in [2.24, 2.45) is 5.92 Å². The fourth-order valence-electron chi connectivity index (χ4n) is 3.45. The normalized spacial score (nSPS) is 18.1. The zero-order chi connectivity index (χ0) is 17.4. The van der Waals surface area contributed by atoms with Crippen molar-refractivity contribution in [2.45, 2.75) is 76.9 Å². The molecule has 0 bridgehead atoms. The molecule has 0 spiro atoms. The highest BCUT2D eigenvalue weighted by Crippen LogP contribution is 2.30. The Balaban J connectivity index is 1.98. The largest absolute Gasteiger partial charge is 0.459 e. The predicted octanol–water partition coefficient (Wildman–Crippen LogP) is 5.40. The van der Waals surface area contributed by atoms with E-state index in [2.05, 4.69) is 29.5 Å². The van der Waals surface area contributed by atoms with Crippen LogP contribution in [-0.4, -0.2) is 17.2 Å². The van der Waals surface area contributed by atoms with E-state index in [9.17, 15) is 9.90 Å². The lowest BCUT2D eigenvalue weighted by Crippen LogP contribution is -2.27. The van der Waals surface area contributed by atoms with E-state index in [0.717, 1.165) is 34.8 Å². The maximum Gasteiger partial charge on any atom is 0.306 e. The van der Waals surface area contributed by atoms with Crippen molar-refractivity contribution in [3.63, 3.8) is 0 Å². The first-order chi connectivity index (χ1) is 11.6. The van der Waals surface area contributed by atoms with E-state index in [1.54, 1.807) is 0 Å². The van der Waals surface area contributed by atoms with Gasteiger partial charge in [-0.1, -0.05) is 50.8 Å². The molecule has 0 aromatic heterocycles. The third-order valence-corrected chi connectivity index (χ3v) is 5.86. The summed E-state index contributed by atoms with van der Waals surface area (Å²) in [5.41, 5.74) is 0.852. The monoisotopic (exact) mass is 444 g/mol. The van der Waals surface area contributed by atoms with Gasteiger partial charge in [-0.2, -0.15) is 0 Å². The first-order valence-electron chi connectivity index (χ1n) is 9.23. The zero-order valence-electron chi connectivity index (χ0n) is 14.5. The van der Waals surface area contributed by atoms with Crippen molar-refractivity contribution < 1.29 is 14.6 Å². The highest BCUT2D eigenvalue weighted by atomic mass is 127. The molecule has 1 aromatic carbocycles. The van der Waals surface area contributed by atoms with Gasteiger partial charge in [0.15, 0.2) is 0 Å². The topological polar surface area (TPSA) is 46.5 Å². The van der Waals surface area contributed by atoms with Crippen molar-refractivity contribution in [2.75, 3.05) is 0 Å². The zero-order valence-corrected chi connectivity index (χ0v) is 16.7. The highest BCUT2D eigenvalue weighted by Gasteiger charge is 2.27. The summed E-state index contributed by atoms with van der Waals surface area (Å²) in [6, 6.07) is 7.76. The molecule has 0 saturated heterocycles. The highest BCUT2D eigenvalue weighted by molar-refractivity contribution is 14.1. The number of hydrogen-bond donors (Lipinski definition) is 1. The number of benzene rings is 1. The molecule has 2 atom stereocenters. The third-order valence-electron chi connectivity index (χ3n) is 4.88. The van der Waals surface area contributed by atoms with Crippen molar-refractivity contribution in [1.29, 1.82) is 0 Å². The number of aliphatic hydroxyl groups excluding tert-OH is 1. The quantitative estimate of drug-likeness (QED) is 0.432. The van der Waals surface area contributed by atoms with Gasteiger partial charge in [-0.3, -0.25) is 4.79 Å². The average Bonchev–Trinajstić information content (AvgIpc) is 2.59. The molecule has 0 unspecified atom stereocenters. The lowest BCUT2D eigenvalue weighted by atomic mass is 9.87. The van der Waals surface area contributed by atoms with Crippen LogP contribution in [0.2, 0.25) is 0 Å². The SMILES string of the molecule is CCCC[C@H](OC(=O)CC1CCCCC1)[C@@H](O)c1ccccc1I. The van der Waals surface area contributed by atoms with E-state index in [0.29, 0.717) is 18.8 Å². The first kappa shape index (κ1) is 19.7. The van der Waals surface area contributed by atoms with E-state index in [-0.39, 0.29) is 5.97 Å². The maximum atomic E-state index is 12.4. The summed E-state index contributed by atoms with van der Waals surface area (Å²) in [7, 11) is 0. The number of carbonyl (C=O) groups is 1. The van der Waals surface area contributed by atoms with Gasteiger partial charge in [0.1, 0.15) is 12.2 Å². The van der Waals surface area contributed by atoms with Crippen LogP contribution in [0.1, 0.15) is 76.4 Å². The Labute approximate surface area is 159 Å². The Morgan fingerprint density at radius 3 is 2.67 bits per heavy atom. The molecule has 2 rings (SSSR count). The van der Waals surface area contributed by atoms with Crippen LogP contribution in [0, 0.1) is 9.49 Å². The standard InChI is InChI=1S/C20H29IO3/c1-2-3-13-18(20(23)16-11-7-8-12-17(16)21)24-19(22)14-15-9-5-4-6-10-15/h7-8,11-12,15,18,20,23H,2-6,9-10,13-14H2,1H3/t18-,20-/m0/s1. The molecule has 4 heteroatoms. The molecule has 1 N–H and O–H groups in total. The Hall–Kier alpha value is -0.620. The van der Waals surface area contributed by atoms with E-state index in [1.165, 1.54) is 19.3 Å². The molecule has 0 aliphatic heterocycles. The Kier molecular flexibility index (Phi) is 8.53. The van der Waals surface area contributed by atoms with Gasteiger partial charge in [0.2, 0.25) is 0 Å². The van der Waals surface area contributed by atoms with E-state index >= 15 is 0 Å². The minimum absolute atomic E-state index is 0.145. The second kappa shape index (κ2) is 10.4. The number of rotatable bonds is 8. The Morgan fingerprint density at radius 2 is 2.00 bits per heavy atom. The lowest BCUT2D eigenvalue weighted by molar-refractivity contribution is -0.157. The first-order valence-corrected chi connectivity index (χ1v) is 10.3. The van der Waals surface area contributed by atoms with Crippen LogP contribution in [0.5, 0.6) is 0 Å². The van der Waals surface area contributed by atoms with Gasteiger partial charge >= 0.3 is 5.97 Å². The molecular weight excluding hydrogens is 415 g/mol. The summed E-state index contributed by atoms with van der Waals surface area (Å²) >= 11 is 2.22. The van der Waals surface area contributed by atoms with Crippen molar-refractivity contribution in [1.82, 2.24) is 0 Å². The third kappa shape index (κ3) is 6.03. The Morgan fingerprint density at radius 1 is 1.29 bits per heavy atom. The molecule has 1 aliphatic rings. The molecule has 0 radical (unpaired) electrons. The summed E-state index contributed by atoms with van der Waals surface area (Å²) in [6.45, 7) is 2.11. The van der Waals surface area contributed by atoms with Crippen molar-refractivity contribution in [3.8, 4) is 0 Å². The van der Waals surface area contributed by atoms with Crippen LogP contribution < -0.4 is 0 Å². The summed E-state index contributed by atoms with van der Waals surface area (Å²) in [6.07, 6.45) is 7.98. The van der Waals surface area contributed by atoms with Crippen molar-refractivity contribution in [3.05, 3.63) is 33.4 Å². The minimum Gasteiger partial charge on any atom is -0.459 e. The maximum absolute atomic E-state index is 12.4. The number of hydrogen-bond acceptors (Lipinski definition) is 3. The second-order valence-electron chi connectivity index (χ2n) is 6.85. The number of carbonyl (C=O) groups excluding carboxylic acids is 1. The summed E-state index contributed by atoms with van der Waals surface area (Å²) in [5, 5.41) is 10.8. The number of halogens is 1. The van der Waals surface area contributed by atoms with Gasteiger partial charge in [-0.15, -0.1) is 0 Å². The van der Waals surface area contributed by atoms with Crippen LogP contribution in [0.15, 0.2) is 24.3 Å². The average molecular weight is 444 g/mol. The molecule has 1 saturated carbocycles. The summed E-state index contributed by atoms with van der Waals surface area (Å²) in [5.74, 6) is 0.320. The van der Waals surface area contributed by atoms with Crippen LogP contribution in [0.25, 0.3) is 0 Å². The Bertz CT molecular complexity index is 511. The van der Waals surface area contributed by atoms with Crippen LogP contribution in [-0.2, 0) is 9.53 Å². The molecule has 1 aromatic rings. The van der Waals surface area contributed by atoms with E-state index in [1.807, 2.05) is 24.3 Å². The summed E-state index contributed by atoms with van der Waals surface area (Å²) < 4.78 is 6.74. The molecule has 0 heterocycles. The van der Waals surface area contributed by atoms with Gasteiger partial charge in [-0.05, 0) is 65.8 Å². The number of aliphatic hydroxyl groups is 1. The molecule has 24 heavy (non-hydrogen) atoms. The van der Waals surface area contributed by atoms with Crippen molar-refractivity contribution >= 4 is 28.6 Å². The fourth-order valence-corrected chi connectivity index (χ4v) is 4.15. The molecule has 0 amide bonds. The molecular formula is C20H29IO3. The van der Waals surface area contributed by atoms with Crippen LogP contribution in [0.4, 0.5) is 0 Å². The van der Waals surface area contributed by atoms with Crippen LogP contribution in [0.3, 0.4) is 0 Å². The van der Waals surface area contributed by atoms with Crippen LogP contribution >= 0.6 is 22.6 Å². The van der Waals surface area contributed by atoms with Gasteiger partial charge in [0.25, 0.3) is 0 Å². The molecule has 3 nitrogen and oxygen atoms in total. The number of ether oxygens (including phenoxy) is 1.